The lowest BCUT2D eigenvalue weighted by Gasteiger charge is -2.12. The lowest BCUT2D eigenvalue weighted by atomic mass is 9.92. The first-order valence-electron chi connectivity index (χ1n) is 5.29. The van der Waals surface area contributed by atoms with Crippen molar-refractivity contribution in [3.63, 3.8) is 0 Å². The zero-order valence-electron chi connectivity index (χ0n) is 8.24. The maximum absolute atomic E-state index is 10.7. The molecule has 0 aromatic carbocycles. The molecule has 2 heterocycles. The fourth-order valence-corrected chi connectivity index (χ4v) is 2.42. The molecule has 0 aromatic heterocycles. The average molecular weight is 199 g/mol. The second-order valence-electron chi connectivity index (χ2n) is 4.37. The van der Waals surface area contributed by atoms with E-state index in [1.54, 1.807) is 0 Å². The number of aliphatic carboxylic acids is 1. The minimum absolute atomic E-state index is 0.317. The van der Waals surface area contributed by atoms with Gasteiger partial charge in [-0.05, 0) is 37.6 Å². The summed E-state index contributed by atoms with van der Waals surface area (Å²) >= 11 is 0. The smallest absolute Gasteiger partial charge is 0.320 e. The SMILES string of the molecule is O=C(O)C1CC(CC2CCOC2)CN1. The maximum atomic E-state index is 10.7. The Kier molecular flexibility index (Phi) is 3.03. The minimum Gasteiger partial charge on any atom is -0.480 e. The average Bonchev–Trinajstić information content (AvgIpc) is 2.75. The van der Waals surface area contributed by atoms with Gasteiger partial charge in [-0.2, -0.15) is 0 Å². The Morgan fingerprint density at radius 3 is 2.93 bits per heavy atom. The molecule has 2 saturated heterocycles. The summed E-state index contributed by atoms with van der Waals surface area (Å²) in [6.07, 6.45) is 3.05. The molecule has 3 atom stereocenters. The third kappa shape index (κ3) is 2.25. The van der Waals surface area contributed by atoms with Gasteiger partial charge in [-0.15, -0.1) is 0 Å². The summed E-state index contributed by atoms with van der Waals surface area (Å²) in [5.41, 5.74) is 0. The molecule has 3 unspecified atom stereocenters. The number of carboxylic acids is 1. The van der Waals surface area contributed by atoms with E-state index in [4.69, 9.17) is 9.84 Å². The van der Waals surface area contributed by atoms with Crippen LogP contribution in [0.4, 0.5) is 0 Å². The standard InChI is InChI=1S/C10H17NO3/c12-10(13)9-4-8(5-11-9)3-7-1-2-14-6-7/h7-9,11H,1-6H2,(H,12,13). The van der Waals surface area contributed by atoms with Gasteiger partial charge < -0.3 is 15.2 Å². The van der Waals surface area contributed by atoms with E-state index in [0.29, 0.717) is 11.8 Å². The molecule has 0 bridgehead atoms. The summed E-state index contributed by atoms with van der Waals surface area (Å²) in [5.74, 6) is 0.479. The summed E-state index contributed by atoms with van der Waals surface area (Å²) in [5, 5.41) is 11.8. The number of carbonyl (C=O) groups is 1. The van der Waals surface area contributed by atoms with Gasteiger partial charge in [0, 0.05) is 13.2 Å². The topological polar surface area (TPSA) is 58.6 Å². The Hall–Kier alpha value is -0.610. The molecule has 2 rings (SSSR count). The zero-order valence-corrected chi connectivity index (χ0v) is 8.24. The summed E-state index contributed by atoms with van der Waals surface area (Å²) in [7, 11) is 0. The van der Waals surface area contributed by atoms with E-state index in [9.17, 15) is 4.79 Å². The molecule has 2 aliphatic rings. The normalized spacial score (nSPS) is 37.6. The van der Waals surface area contributed by atoms with Crippen molar-refractivity contribution in [2.24, 2.45) is 11.8 Å². The van der Waals surface area contributed by atoms with Gasteiger partial charge in [-0.25, -0.2) is 0 Å². The van der Waals surface area contributed by atoms with Crippen LogP contribution in [0.2, 0.25) is 0 Å². The summed E-state index contributed by atoms with van der Waals surface area (Å²) in [6.45, 7) is 2.61. The van der Waals surface area contributed by atoms with Crippen LogP contribution in [-0.4, -0.2) is 36.9 Å². The van der Waals surface area contributed by atoms with Crippen LogP contribution in [0, 0.1) is 11.8 Å². The highest BCUT2D eigenvalue weighted by Gasteiger charge is 2.31. The molecule has 0 aromatic rings. The van der Waals surface area contributed by atoms with Crippen molar-refractivity contribution in [3.8, 4) is 0 Å². The highest BCUT2D eigenvalue weighted by atomic mass is 16.5. The largest absolute Gasteiger partial charge is 0.480 e. The van der Waals surface area contributed by atoms with Gasteiger partial charge in [0.15, 0.2) is 0 Å². The summed E-state index contributed by atoms with van der Waals surface area (Å²) in [6, 6.07) is -0.317. The quantitative estimate of drug-likeness (QED) is 0.694. The van der Waals surface area contributed by atoms with E-state index in [0.717, 1.165) is 39.0 Å². The van der Waals surface area contributed by atoms with Crippen LogP contribution in [0.3, 0.4) is 0 Å². The van der Waals surface area contributed by atoms with E-state index in [2.05, 4.69) is 5.32 Å². The number of ether oxygens (including phenoxy) is 1. The van der Waals surface area contributed by atoms with Crippen LogP contribution < -0.4 is 5.32 Å². The first kappa shape index (κ1) is 9.93. The van der Waals surface area contributed by atoms with Crippen molar-refractivity contribution in [1.82, 2.24) is 5.32 Å². The number of hydrogen-bond donors (Lipinski definition) is 2. The number of nitrogens with one attached hydrogen (secondary N) is 1. The van der Waals surface area contributed by atoms with Crippen LogP contribution in [0.5, 0.6) is 0 Å². The summed E-state index contributed by atoms with van der Waals surface area (Å²) in [4.78, 5) is 10.7. The summed E-state index contributed by atoms with van der Waals surface area (Å²) < 4.78 is 5.30. The first-order chi connectivity index (χ1) is 6.75. The molecule has 2 N–H and O–H groups in total. The fourth-order valence-electron chi connectivity index (χ4n) is 2.42. The van der Waals surface area contributed by atoms with E-state index in [1.807, 2.05) is 0 Å². The Labute approximate surface area is 83.6 Å². The third-order valence-corrected chi connectivity index (χ3v) is 3.21. The van der Waals surface area contributed by atoms with Gasteiger partial charge in [0.25, 0.3) is 0 Å². The van der Waals surface area contributed by atoms with Crippen molar-refractivity contribution in [1.29, 1.82) is 0 Å². The van der Waals surface area contributed by atoms with Gasteiger partial charge in [0.05, 0.1) is 0 Å². The van der Waals surface area contributed by atoms with Gasteiger partial charge in [0.2, 0.25) is 0 Å². The van der Waals surface area contributed by atoms with Gasteiger partial charge >= 0.3 is 5.97 Å². The third-order valence-electron chi connectivity index (χ3n) is 3.21. The maximum Gasteiger partial charge on any atom is 0.320 e. The van der Waals surface area contributed by atoms with Crippen LogP contribution in [-0.2, 0) is 9.53 Å². The van der Waals surface area contributed by atoms with Gasteiger partial charge in [-0.1, -0.05) is 0 Å². The Morgan fingerprint density at radius 2 is 2.36 bits per heavy atom. The molecule has 0 amide bonds. The Balaban J connectivity index is 1.75. The lowest BCUT2D eigenvalue weighted by Crippen LogP contribution is -2.29. The van der Waals surface area contributed by atoms with Gasteiger partial charge in [0.1, 0.15) is 6.04 Å². The molecule has 0 radical (unpaired) electrons. The van der Waals surface area contributed by atoms with Crippen molar-refractivity contribution in [2.45, 2.75) is 25.3 Å². The predicted molar refractivity (Wildman–Crippen MR) is 51.1 cm³/mol. The van der Waals surface area contributed by atoms with E-state index in [1.165, 1.54) is 0 Å². The predicted octanol–water partition coefficient (Wildman–Crippen LogP) is 0.476. The number of rotatable bonds is 3. The molecular formula is C10H17NO3. The second kappa shape index (κ2) is 4.28. The number of carboxylic acid groups (broad SMARTS) is 1. The molecule has 4 heteroatoms. The number of hydrogen-bond acceptors (Lipinski definition) is 3. The van der Waals surface area contributed by atoms with E-state index in [-0.39, 0.29) is 6.04 Å². The van der Waals surface area contributed by atoms with Crippen molar-refractivity contribution in [3.05, 3.63) is 0 Å². The van der Waals surface area contributed by atoms with Crippen molar-refractivity contribution >= 4 is 5.97 Å². The monoisotopic (exact) mass is 199 g/mol. The molecule has 0 spiro atoms. The Morgan fingerprint density at radius 1 is 1.50 bits per heavy atom. The van der Waals surface area contributed by atoms with E-state index < -0.39 is 5.97 Å². The van der Waals surface area contributed by atoms with E-state index >= 15 is 0 Å². The van der Waals surface area contributed by atoms with Crippen LogP contribution in [0.25, 0.3) is 0 Å². The zero-order chi connectivity index (χ0) is 9.97. The molecule has 2 fully saturated rings. The molecule has 2 aliphatic heterocycles. The molecule has 80 valence electrons. The molecule has 14 heavy (non-hydrogen) atoms. The van der Waals surface area contributed by atoms with Crippen LogP contribution in [0.15, 0.2) is 0 Å². The minimum atomic E-state index is -0.713. The van der Waals surface area contributed by atoms with Crippen molar-refractivity contribution in [2.75, 3.05) is 19.8 Å². The molecular weight excluding hydrogens is 182 g/mol. The van der Waals surface area contributed by atoms with Gasteiger partial charge in [-0.3, -0.25) is 4.79 Å². The second-order valence-corrected chi connectivity index (χ2v) is 4.37. The fraction of sp³-hybridized carbons (Fsp3) is 0.900. The highest BCUT2D eigenvalue weighted by molar-refractivity contribution is 5.73. The van der Waals surface area contributed by atoms with Crippen molar-refractivity contribution < 1.29 is 14.6 Å². The highest BCUT2D eigenvalue weighted by Crippen LogP contribution is 2.26. The van der Waals surface area contributed by atoms with Crippen LogP contribution in [0.1, 0.15) is 19.3 Å². The molecule has 0 saturated carbocycles. The molecule has 4 nitrogen and oxygen atoms in total. The van der Waals surface area contributed by atoms with Crippen LogP contribution >= 0.6 is 0 Å². The molecule has 0 aliphatic carbocycles. The lowest BCUT2D eigenvalue weighted by molar-refractivity contribution is -0.139. The Bertz CT molecular complexity index is 213. The first-order valence-corrected chi connectivity index (χ1v) is 5.29.